The molecule has 0 bridgehead atoms. The van der Waals surface area contributed by atoms with Crippen molar-refractivity contribution in [1.29, 1.82) is 0 Å². The molecule has 8 nitrogen and oxygen atoms in total. The molecule has 4 N–H and O–H groups in total. The topological polar surface area (TPSA) is 139 Å². The zero-order valence-corrected chi connectivity index (χ0v) is 7.13. The maximum atomic E-state index is 9.32. The van der Waals surface area contributed by atoms with E-state index in [1.165, 1.54) is 0 Å². The van der Waals surface area contributed by atoms with Crippen LogP contribution in [0.3, 0.4) is 0 Å². The first-order valence-corrected chi connectivity index (χ1v) is 3.96. The fourth-order valence-electron chi connectivity index (χ4n) is 1.20. The summed E-state index contributed by atoms with van der Waals surface area (Å²) in [5, 5.41) is 39.8. The summed E-state index contributed by atoms with van der Waals surface area (Å²) in [6.45, 7) is -0.224. The van der Waals surface area contributed by atoms with Crippen molar-refractivity contribution in [2.75, 3.05) is 6.54 Å². The Hall–Kier alpha value is -0.890. The first-order chi connectivity index (χ1) is 6.57. The van der Waals surface area contributed by atoms with Gasteiger partial charge in [-0.15, -0.1) is 0 Å². The summed E-state index contributed by atoms with van der Waals surface area (Å²) < 4.78 is 4.71. The molecule has 0 aromatic carbocycles. The van der Waals surface area contributed by atoms with E-state index in [1.807, 2.05) is 0 Å². The molecular weight excluding hydrogens is 194 g/mol. The summed E-state index contributed by atoms with van der Waals surface area (Å²) >= 11 is 0. The van der Waals surface area contributed by atoms with Gasteiger partial charge >= 0.3 is 0 Å². The molecule has 1 heterocycles. The van der Waals surface area contributed by atoms with Gasteiger partial charge in [0.1, 0.15) is 18.3 Å². The van der Waals surface area contributed by atoms with Gasteiger partial charge in [0.25, 0.3) is 0 Å². The molecule has 5 atom stereocenters. The van der Waals surface area contributed by atoms with E-state index in [0.29, 0.717) is 0 Å². The Labute approximate surface area is 79.0 Å². The summed E-state index contributed by atoms with van der Waals surface area (Å²) in [5.74, 6) is 0. The Morgan fingerprint density at radius 3 is 2.36 bits per heavy atom. The summed E-state index contributed by atoms with van der Waals surface area (Å²) in [7, 11) is 0. The summed E-state index contributed by atoms with van der Waals surface area (Å²) in [5.41, 5.74) is 8.01. The molecule has 0 aromatic rings. The van der Waals surface area contributed by atoms with E-state index in [2.05, 4.69) is 10.0 Å². The van der Waals surface area contributed by atoms with E-state index in [1.54, 1.807) is 0 Å². The Morgan fingerprint density at radius 2 is 1.79 bits per heavy atom. The first kappa shape index (κ1) is 11.2. The van der Waals surface area contributed by atoms with Gasteiger partial charge in [0.15, 0.2) is 6.29 Å². The fraction of sp³-hybridized carbons (Fsp3) is 1.00. The molecular formula is C6H11N3O5. The zero-order chi connectivity index (χ0) is 10.7. The van der Waals surface area contributed by atoms with Crippen LogP contribution in [0.4, 0.5) is 0 Å². The van der Waals surface area contributed by atoms with Gasteiger partial charge in [-0.2, -0.15) is 0 Å². The SMILES string of the molecule is [N-]=[N+]=NC[C@H]1OC(O)[C@@H](O)[C@@H](O)[C@@H]1O. The summed E-state index contributed by atoms with van der Waals surface area (Å²) in [6.07, 6.45) is -7.07. The third-order valence-electron chi connectivity index (χ3n) is 2.01. The van der Waals surface area contributed by atoms with Crippen molar-refractivity contribution >= 4 is 0 Å². The number of azide groups is 1. The monoisotopic (exact) mass is 205 g/mol. The Bertz CT molecular complexity index is 244. The predicted molar refractivity (Wildman–Crippen MR) is 42.9 cm³/mol. The van der Waals surface area contributed by atoms with E-state index in [4.69, 9.17) is 20.5 Å². The van der Waals surface area contributed by atoms with E-state index in [0.717, 1.165) is 0 Å². The van der Waals surface area contributed by atoms with Gasteiger partial charge < -0.3 is 25.2 Å². The molecule has 80 valence electrons. The highest BCUT2D eigenvalue weighted by molar-refractivity contribution is 4.89. The van der Waals surface area contributed by atoms with Crippen molar-refractivity contribution in [3.63, 3.8) is 0 Å². The molecule has 8 heteroatoms. The summed E-state index contributed by atoms with van der Waals surface area (Å²) in [6, 6.07) is 0. The number of hydrogen-bond acceptors (Lipinski definition) is 6. The highest BCUT2D eigenvalue weighted by Gasteiger charge is 2.42. The van der Waals surface area contributed by atoms with Crippen LogP contribution in [-0.4, -0.2) is 57.7 Å². The third-order valence-corrected chi connectivity index (χ3v) is 2.01. The maximum absolute atomic E-state index is 9.32. The lowest BCUT2D eigenvalue weighted by Gasteiger charge is -2.37. The quantitative estimate of drug-likeness (QED) is 0.237. The molecule has 1 aliphatic heterocycles. The number of rotatable bonds is 2. The van der Waals surface area contributed by atoms with Gasteiger partial charge in [0, 0.05) is 4.91 Å². The second-order valence-electron chi connectivity index (χ2n) is 2.95. The molecule has 0 spiro atoms. The largest absolute Gasteiger partial charge is 0.388 e. The molecule has 0 radical (unpaired) electrons. The average molecular weight is 205 g/mol. The van der Waals surface area contributed by atoms with E-state index in [-0.39, 0.29) is 6.54 Å². The number of ether oxygens (including phenoxy) is 1. The molecule has 14 heavy (non-hydrogen) atoms. The van der Waals surface area contributed by atoms with Crippen LogP contribution in [0.5, 0.6) is 0 Å². The lowest BCUT2D eigenvalue weighted by atomic mass is 9.99. The average Bonchev–Trinajstić information content (AvgIpc) is 2.18. The van der Waals surface area contributed by atoms with Gasteiger partial charge in [-0.3, -0.25) is 0 Å². The molecule has 1 aliphatic rings. The van der Waals surface area contributed by atoms with Crippen molar-refractivity contribution in [1.82, 2.24) is 0 Å². The number of nitrogens with zero attached hydrogens (tertiary/aromatic N) is 3. The number of hydrogen-bond donors (Lipinski definition) is 4. The molecule has 0 amide bonds. The van der Waals surface area contributed by atoms with Crippen LogP contribution < -0.4 is 0 Å². The highest BCUT2D eigenvalue weighted by atomic mass is 16.6. The van der Waals surface area contributed by atoms with Crippen LogP contribution in [0.2, 0.25) is 0 Å². The molecule has 1 rings (SSSR count). The van der Waals surface area contributed by atoms with Gasteiger partial charge in [0.2, 0.25) is 0 Å². The lowest BCUT2D eigenvalue weighted by molar-refractivity contribution is -0.279. The van der Waals surface area contributed by atoms with Crippen LogP contribution in [0.25, 0.3) is 10.4 Å². The molecule has 0 saturated carbocycles. The highest BCUT2D eigenvalue weighted by Crippen LogP contribution is 2.19. The molecule has 1 unspecified atom stereocenters. The van der Waals surface area contributed by atoms with Gasteiger partial charge in [-0.1, -0.05) is 5.11 Å². The van der Waals surface area contributed by atoms with Crippen molar-refractivity contribution in [3.8, 4) is 0 Å². The Kier molecular flexibility index (Phi) is 3.64. The smallest absolute Gasteiger partial charge is 0.183 e. The van der Waals surface area contributed by atoms with Crippen molar-refractivity contribution in [3.05, 3.63) is 10.4 Å². The number of aliphatic hydroxyl groups excluding tert-OH is 4. The van der Waals surface area contributed by atoms with Crippen LogP contribution in [-0.2, 0) is 4.74 Å². The van der Waals surface area contributed by atoms with Crippen LogP contribution in [0, 0.1) is 0 Å². The minimum atomic E-state index is -1.59. The van der Waals surface area contributed by atoms with Gasteiger partial charge in [-0.05, 0) is 5.53 Å². The zero-order valence-electron chi connectivity index (χ0n) is 7.13. The molecule has 0 aromatic heterocycles. The maximum Gasteiger partial charge on any atom is 0.183 e. The molecule has 0 aliphatic carbocycles. The standard InChI is InChI=1S/C6H11N3O5/c7-9-8-1-2-3(10)4(11)5(12)6(13)14-2/h2-6,10-13H,1H2/t2-,3-,4+,5+,6?/m1/s1. The second kappa shape index (κ2) is 4.56. The predicted octanol–water partition coefficient (Wildman–Crippen LogP) is -1.90. The van der Waals surface area contributed by atoms with E-state index in [9.17, 15) is 10.2 Å². The minimum absolute atomic E-state index is 0.224. The Morgan fingerprint density at radius 1 is 1.14 bits per heavy atom. The van der Waals surface area contributed by atoms with E-state index < -0.39 is 30.7 Å². The van der Waals surface area contributed by atoms with Crippen LogP contribution in [0.15, 0.2) is 5.11 Å². The van der Waals surface area contributed by atoms with Crippen molar-refractivity contribution in [2.45, 2.75) is 30.7 Å². The third kappa shape index (κ3) is 2.13. The van der Waals surface area contributed by atoms with Crippen LogP contribution in [0.1, 0.15) is 0 Å². The lowest BCUT2D eigenvalue weighted by Crippen LogP contribution is -2.58. The van der Waals surface area contributed by atoms with E-state index >= 15 is 0 Å². The normalized spacial score (nSPS) is 43.0. The first-order valence-electron chi connectivity index (χ1n) is 3.96. The summed E-state index contributed by atoms with van der Waals surface area (Å²) in [4.78, 5) is 2.44. The van der Waals surface area contributed by atoms with Crippen molar-refractivity contribution in [2.24, 2.45) is 5.11 Å². The van der Waals surface area contributed by atoms with Crippen molar-refractivity contribution < 1.29 is 25.2 Å². The Balaban J connectivity index is 2.64. The fourth-order valence-corrected chi connectivity index (χ4v) is 1.20. The molecule has 1 saturated heterocycles. The van der Waals surface area contributed by atoms with Gasteiger partial charge in [0.05, 0.1) is 12.6 Å². The van der Waals surface area contributed by atoms with Gasteiger partial charge in [-0.25, -0.2) is 0 Å². The second-order valence-corrected chi connectivity index (χ2v) is 2.95. The molecule has 1 fully saturated rings. The van der Waals surface area contributed by atoms with Crippen LogP contribution >= 0.6 is 0 Å². The minimum Gasteiger partial charge on any atom is -0.388 e. The number of aliphatic hydroxyl groups is 4.